The Morgan fingerprint density at radius 3 is 2.42 bits per heavy atom. The van der Waals surface area contributed by atoms with Gasteiger partial charge >= 0.3 is 0 Å². The highest BCUT2D eigenvalue weighted by Crippen LogP contribution is 2.33. The van der Waals surface area contributed by atoms with Gasteiger partial charge in [-0.15, -0.1) is 12.4 Å². The van der Waals surface area contributed by atoms with Gasteiger partial charge in [0.1, 0.15) is 5.82 Å². The highest BCUT2D eigenvalue weighted by atomic mass is 35.5. The highest BCUT2D eigenvalue weighted by Gasteiger charge is 2.11. The average Bonchev–Trinajstić information content (AvgIpc) is 2.79. The topological polar surface area (TPSA) is 54.7 Å². The maximum Gasteiger partial charge on any atom is 0.134 e. The Bertz CT molecular complexity index is 896. The van der Waals surface area contributed by atoms with Crippen molar-refractivity contribution in [3.8, 4) is 0 Å². The molecule has 0 spiro atoms. The Morgan fingerprint density at radius 2 is 1.58 bits per heavy atom. The molecule has 0 saturated carbocycles. The molecule has 94 valence electrons. The van der Waals surface area contributed by atoms with E-state index in [0.29, 0.717) is 5.82 Å². The summed E-state index contributed by atoms with van der Waals surface area (Å²) in [6, 6.07) is 16.2. The number of aromatic nitrogens is 2. The van der Waals surface area contributed by atoms with Crippen LogP contribution in [-0.2, 0) is 0 Å². The number of hydrogen-bond donors (Lipinski definition) is 2. The standard InChI is InChI=1S/C15H11N3.ClH/c16-15-13-9-5-1-3-7-11(9)17-14(13)10-6-2-4-8-12(10)18-15;/h1-8,17H,(H2,16,18);1H. The molecule has 2 heterocycles. The zero-order valence-electron chi connectivity index (χ0n) is 10.1. The fraction of sp³-hybridized carbons (Fsp3) is 0. The number of anilines is 1. The molecule has 0 saturated heterocycles. The number of rotatable bonds is 0. The van der Waals surface area contributed by atoms with Gasteiger partial charge in [-0.25, -0.2) is 4.98 Å². The van der Waals surface area contributed by atoms with Crippen LogP contribution in [0.15, 0.2) is 48.5 Å². The first kappa shape index (κ1) is 11.8. The molecule has 0 unspecified atom stereocenters. The van der Waals surface area contributed by atoms with E-state index >= 15 is 0 Å². The summed E-state index contributed by atoms with van der Waals surface area (Å²) in [5.41, 5.74) is 9.19. The van der Waals surface area contributed by atoms with E-state index in [1.807, 2.05) is 30.3 Å². The van der Waals surface area contributed by atoms with E-state index in [-0.39, 0.29) is 12.4 Å². The number of benzene rings is 2. The third-order valence-corrected chi connectivity index (χ3v) is 3.38. The molecular weight excluding hydrogens is 258 g/mol. The Labute approximate surface area is 115 Å². The lowest BCUT2D eigenvalue weighted by Gasteiger charge is -2.01. The Morgan fingerprint density at radius 1 is 0.895 bits per heavy atom. The van der Waals surface area contributed by atoms with Crippen molar-refractivity contribution in [2.24, 2.45) is 0 Å². The molecule has 0 aliphatic rings. The van der Waals surface area contributed by atoms with Crippen LogP contribution in [0.2, 0.25) is 0 Å². The van der Waals surface area contributed by atoms with Crippen LogP contribution in [0.3, 0.4) is 0 Å². The van der Waals surface area contributed by atoms with Gasteiger partial charge in [-0.05, 0) is 12.1 Å². The minimum atomic E-state index is 0. The van der Waals surface area contributed by atoms with Crippen LogP contribution < -0.4 is 5.73 Å². The lowest BCUT2D eigenvalue weighted by atomic mass is 10.1. The summed E-state index contributed by atoms with van der Waals surface area (Å²) >= 11 is 0. The Hall–Kier alpha value is -2.26. The molecule has 4 heteroatoms. The number of pyridine rings is 1. The minimum absolute atomic E-state index is 0. The van der Waals surface area contributed by atoms with Crippen LogP contribution in [0.4, 0.5) is 5.82 Å². The quantitative estimate of drug-likeness (QED) is 0.509. The number of hydrogen-bond acceptors (Lipinski definition) is 2. The van der Waals surface area contributed by atoms with E-state index in [0.717, 1.165) is 32.7 Å². The van der Waals surface area contributed by atoms with Crippen LogP contribution in [0.1, 0.15) is 0 Å². The number of H-pyrrole nitrogens is 1. The number of fused-ring (bicyclic) bond motifs is 5. The van der Waals surface area contributed by atoms with E-state index in [9.17, 15) is 0 Å². The van der Waals surface area contributed by atoms with Crippen LogP contribution in [-0.4, -0.2) is 9.97 Å². The predicted octanol–water partition coefficient (Wildman–Crippen LogP) is 3.87. The fourth-order valence-electron chi connectivity index (χ4n) is 2.58. The monoisotopic (exact) mass is 269 g/mol. The van der Waals surface area contributed by atoms with Crippen molar-refractivity contribution in [2.75, 3.05) is 5.73 Å². The largest absolute Gasteiger partial charge is 0.383 e. The van der Waals surface area contributed by atoms with Gasteiger partial charge in [-0.2, -0.15) is 0 Å². The molecule has 0 amide bonds. The zero-order chi connectivity index (χ0) is 12.1. The van der Waals surface area contributed by atoms with Gasteiger partial charge in [0.05, 0.1) is 16.4 Å². The van der Waals surface area contributed by atoms with Crippen LogP contribution >= 0.6 is 12.4 Å². The normalized spacial score (nSPS) is 10.9. The van der Waals surface area contributed by atoms with Crippen molar-refractivity contribution < 1.29 is 0 Å². The first-order valence-corrected chi connectivity index (χ1v) is 5.89. The Kier molecular flexibility index (Phi) is 2.57. The third-order valence-electron chi connectivity index (χ3n) is 3.38. The van der Waals surface area contributed by atoms with E-state index in [1.54, 1.807) is 0 Å². The first-order chi connectivity index (χ1) is 8.84. The van der Waals surface area contributed by atoms with Crippen molar-refractivity contribution >= 4 is 50.9 Å². The van der Waals surface area contributed by atoms with E-state index < -0.39 is 0 Å². The molecule has 3 nitrogen and oxygen atoms in total. The second-order valence-corrected chi connectivity index (χ2v) is 4.43. The fourth-order valence-corrected chi connectivity index (χ4v) is 2.58. The smallest absolute Gasteiger partial charge is 0.134 e. The predicted molar refractivity (Wildman–Crippen MR) is 82.8 cm³/mol. The lowest BCUT2D eigenvalue weighted by molar-refractivity contribution is 1.44. The number of halogens is 1. The van der Waals surface area contributed by atoms with Gasteiger partial charge in [-0.3, -0.25) is 0 Å². The summed E-state index contributed by atoms with van der Waals surface area (Å²) in [4.78, 5) is 7.93. The molecule has 19 heavy (non-hydrogen) atoms. The number of nitrogens with one attached hydrogen (secondary N) is 1. The van der Waals surface area contributed by atoms with Crippen molar-refractivity contribution in [1.82, 2.24) is 9.97 Å². The SMILES string of the molecule is Cl.Nc1nc2ccccc2c2[nH]c3ccccc3c12. The zero-order valence-corrected chi connectivity index (χ0v) is 10.9. The summed E-state index contributed by atoms with van der Waals surface area (Å²) < 4.78 is 0. The molecule has 2 aromatic carbocycles. The lowest BCUT2D eigenvalue weighted by Crippen LogP contribution is -1.92. The molecule has 0 aliphatic heterocycles. The van der Waals surface area contributed by atoms with Gasteiger partial charge < -0.3 is 10.7 Å². The minimum Gasteiger partial charge on any atom is -0.383 e. The molecular formula is C15H12ClN3. The molecule has 3 N–H and O–H groups in total. The highest BCUT2D eigenvalue weighted by molar-refractivity contribution is 6.19. The average molecular weight is 270 g/mol. The van der Waals surface area contributed by atoms with Crippen LogP contribution in [0.25, 0.3) is 32.7 Å². The second kappa shape index (κ2) is 4.14. The number of nitrogens with two attached hydrogens (primary N) is 1. The van der Waals surface area contributed by atoms with E-state index in [2.05, 4.69) is 28.2 Å². The van der Waals surface area contributed by atoms with Crippen LogP contribution in [0, 0.1) is 0 Å². The first-order valence-electron chi connectivity index (χ1n) is 5.89. The summed E-state index contributed by atoms with van der Waals surface area (Å²) in [6.45, 7) is 0. The van der Waals surface area contributed by atoms with Gasteiger partial charge in [0, 0.05) is 16.3 Å². The van der Waals surface area contributed by atoms with Crippen molar-refractivity contribution in [3.63, 3.8) is 0 Å². The van der Waals surface area contributed by atoms with Crippen LogP contribution in [0.5, 0.6) is 0 Å². The maximum absolute atomic E-state index is 6.10. The summed E-state index contributed by atoms with van der Waals surface area (Å²) in [7, 11) is 0. The molecule has 4 rings (SSSR count). The van der Waals surface area contributed by atoms with Crippen molar-refractivity contribution in [1.29, 1.82) is 0 Å². The summed E-state index contributed by atoms with van der Waals surface area (Å²) in [6.07, 6.45) is 0. The summed E-state index contributed by atoms with van der Waals surface area (Å²) in [5, 5.41) is 3.26. The number of aromatic amines is 1. The summed E-state index contributed by atoms with van der Waals surface area (Å²) in [5.74, 6) is 0.584. The molecule has 0 aliphatic carbocycles. The maximum atomic E-state index is 6.10. The molecule has 0 radical (unpaired) electrons. The van der Waals surface area contributed by atoms with Crippen molar-refractivity contribution in [3.05, 3.63) is 48.5 Å². The third kappa shape index (κ3) is 1.55. The van der Waals surface area contributed by atoms with E-state index in [1.165, 1.54) is 0 Å². The molecule has 0 fully saturated rings. The molecule has 0 bridgehead atoms. The van der Waals surface area contributed by atoms with Gasteiger partial charge in [0.2, 0.25) is 0 Å². The Balaban J connectivity index is 0.00000110. The van der Waals surface area contributed by atoms with E-state index in [4.69, 9.17) is 5.73 Å². The van der Waals surface area contributed by atoms with Gasteiger partial charge in [0.15, 0.2) is 0 Å². The van der Waals surface area contributed by atoms with Gasteiger partial charge in [0.25, 0.3) is 0 Å². The molecule has 4 aromatic rings. The number of nitrogens with zero attached hydrogens (tertiary/aromatic N) is 1. The number of para-hydroxylation sites is 2. The molecule has 0 atom stereocenters. The molecule has 2 aromatic heterocycles. The number of nitrogen functional groups attached to an aromatic ring is 1. The second-order valence-electron chi connectivity index (χ2n) is 4.43. The van der Waals surface area contributed by atoms with Gasteiger partial charge in [-0.1, -0.05) is 36.4 Å². The van der Waals surface area contributed by atoms with Crippen molar-refractivity contribution in [2.45, 2.75) is 0 Å².